The van der Waals surface area contributed by atoms with Crippen LogP contribution in [0.15, 0.2) is 15.9 Å². The molecule has 4 heteroatoms. The van der Waals surface area contributed by atoms with Crippen LogP contribution in [0.4, 0.5) is 0 Å². The number of aryl methyl sites for hydroxylation is 1. The second-order valence-corrected chi connectivity index (χ2v) is 4.83. The van der Waals surface area contributed by atoms with Crippen LogP contribution in [0.25, 0.3) is 0 Å². The first-order chi connectivity index (χ1) is 7.22. The summed E-state index contributed by atoms with van der Waals surface area (Å²) in [6.07, 6.45) is 5.42. The van der Waals surface area contributed by atoms with Crippen molar-refractivity contribution in [1.29, 1.82) is 0 Å². The van der Waals surface area contributed by atoms with Gasteiger partial charge in [0.1, 0.15) is 6.26 Å². The lowest BCUT2D eigenvalue weighted by Gasteiger charge is -2.08. The van der Waals surface area contributed by atoms with E-state index in [1.165, 1.54) is 19.3 Å². The number of rotatable bonds is 7. The van der Waals surface area contributed by atoms with Crippen molar-refractivity contribution in [1.82, 2.24) is 10.3 Å². The Bertz CT molecular complexity index is 275. The summed E-state index contributed by atoms with van der Waals surface area (Å²) in [5.41, 5.74) is 0.960. The van der Waals surface area contributed by atoms with Gasteiger partial charge in [-0.25, -0.2) is 4.98 Å². The fraction of sp³-hybridized carbons (Fsp3) is 0.727. The average molecular weight is 228 g/mol. The summed E-state index contributed by atoms with van der Waals surface area (Å²) < 4.78 is 5.25. The van der Waals surface area contributed by atoms with Crippen LogP contribution in [0.3, 0.4) is 0 Å². The molecule has 1 aromatic heterocycles. The number of hydrogen-bond acceptors (Lipinski definition) is 4. The smallest absolute Gasteiger partial charge is 0.255 e. The zero-order valence-electron chi connectivity index (χ0n) is 9.75. The van der Waals surface area contributed by atoms with Gasteiger partial charge >= 0.3 is 0 Å². The molecule has 0 bridgehead atoms. The van der Waals surface area contributed by atoms with Gasteiger partial charge in [-0.3, -0.25) is 0 Å². The summed E-state index contributed by atoms with van der Waals surface area (Å²) in [6.45, 7) is 4.16. The maximum atomic E-state index is 5.25. The van der Waals surface area contributed by atoms with Gasteiger partial charge in [0.05, 0.1) is 5.69 Å². The van der Waals surface area contributed by atoms with Crippen LogP contribution in [0.2, 0.25) is 0 Å². The van der Waals surface area contributed by atoms with E-state index in [1.807, 2.05) is 14.0 Å². The van der Waals surface area contributed by atoms with Crippen LogP contribution in [0.5, 0.6) is 0 Å². The highest BCUT2D eigenvalue weighted by Crippen LogP contribution is 2.18. The summed E-state index contributed by atoms with van der Waals surface area (Å²) in [4.78, 5) is 4.24. The Balaban J connectivity index is 2.02. The summed E-state index contributed by atoms with van der Waals surface area (Å²) in [6, 6.07) is 0.624. The first-order valence-corrected chi connectivity index (χ1v) is 6.43. The van der Waals surface area contributed by atoms with Gasteiger partial charge in [0, 0.05) is 11.8 Å². The molecular formula is C11H20N2OS. The zero-order valence-corrected chi connectivity index (χ0v) is 10.6. The van der Waals surface area contributed by atoms with Crippen LogP contribution in [-0.4, -0.2) is 23.8 Å². The highest BCUT2D eigenvalue weighted by atomic mass is 32.2. The molecule has 0 aliphatic heterocycles. The molecule has 15 heavy (non-hydrogen) atoms. The van der Waals surface area contributed by atoms with Crippen LogP contribution in [0, 0.1) is 6.92 Å². The predicted octanol–water partition coefficient (Wildman–Crippen LogP) is 2.85. The highest BCUT2D eigenvalue weighted by Gasteiger charge is 2.01. The van der Waals surface area contributed by atoms with E-state index >= 15 is 0 Å². The second-order valence-electron chi connectivity index (χ2n) is 3.79. The summed E-state index contributed by atoms with van der Waals surface area (Å²) in [5.74, 6) is 1.09. The molecule has 1 rings (SSSR count). The maximum absolute atomic E-state index is 5.25. The first-order valence-electron chi connectivity index (χ1n) is 5.44. The second kappa shape index (κ2) is 6.90. The molecule has 0 saturated heterocycles. The predicted molar refractivity (Wildman–Crippen MR) is 64.3 cm³/mol. The number of hydrogen-bond donors (Lipinski definition) is 1. The maximum Gasteiger partial charge on any atom is 0.255 e. The Morgan fingerprint density at radius 1 is 1.53 bits per heavy atom. The SMILES string of the molecule is CNC(C)CCCCSc1nc(C)co1. The lowest BCUT2D eigenvalue weighted by Crippen LogP contribution is -2.20. The van der Waals surface area contributed by atoms with Crippen LogP contribution in [0.1, 0.15) is 31.9 Å². The minimum absolute atomic E-state index is 0.624. The topological polar surface area (TPSA) is 38.1 Å². The van der Waals surface area contributed by atoms with Gasteiger partial charge in [-0.15, -0.1) is 0 Å². The number of nitrogens with zero attached hydrogens (tertiary/aromatic N) is 1. The largest absolute Gasteiger partial charge is 0.440 e. The molecule has 0 spiro atoms. The summed E-state index contributed by atoms with van der Waals surface area (Å²) in [5, 5.41) is 4.04. The van der Waals surface area contributed by atoms with Crippen molar-refractivity contribution in [2.24, 2.45) is 0 Å². The van der Waals surface area contributed by atoms with Gasteiger partial charge in [-0.05, 0) is 33.7 Å². The molecule has 0 radical (unpaired) electrons. The van der Waals surface area contributed by atoms with Gasteiger partial charge in [0.25, 0.3) is 5.22 Å². The molecule has 1 unspecified atom stereocenters. The molecular weight excluding hydrogens is 208 g/mol. The molecule has 0 fully saturated rings. The number of oxazole rings is 1. The molecule has 1 atom stereocenters. The molecule has 0 aliphatic rings. The molecule has 0 saturated carbocycles. The van der Waals surface area contributed by atoms with E-state index in [9.17, 15) is 0 Å². The Morgan fingerprint density at radius 2 is 2.33 bits per heavy atom. The number of unbranched alkanes of at least 4 members (excludes halogenated alkanes) is 1. The van der Waals surface area contributed by atoms with Crippen molar-refractivity contribution in [3.8, 4) is 0 Å². The Morgan fingerprint density at radius 3 is 2.93 bits per heavy atom. The van der Waals surface area contributed by atoms with Crippen molar-refractivity contribution >= 4 is 11.8 Å². The van der Waals surface area contributed by atoms with Gasteiger partial charge < -0.3 is 9.73 Å². The number of aromatic nitrogens is 1. The van der Waals surface area contributed by atoms with Crippen molar-refractivity contribution in [3.05, 3.63) is 12.0 Å². The number of thioether (sulfide) groups is 1. The molecule has 0 aliphatic carbocycles. The van der Waals surface area contributed by atoms with E-state index in [4.69, 9.17) is 4.42 Å². The molecule has 86 valence electrons. The standard InChI is InChI=1S/C11H20N2OS/c1-9(12-3)6-4-5-7-15-11-13-10(2)8-14-11/h8-9,12H,4-7H2,1-3H3. The van der Waals surface area contributed by atoms with E-state index in [-0.39, 0.29) is 0 Å². The molecule has 3 nitrogen and oxygen atoms in total. The van der Waals surface area contributed by atoms with E-state index in [0.29, 0.717) is 6.04 Å². The fourth-order valence-corrected chi connectivity index (χ4v) is 2.10. The lowest BCUT2D eigenvalue weighted by atomic mass is 10.1. The monoisotopic (exact) mass is 228 g/mol. The summed E-state index contributed by atoms with van der Waals surface area (Å²) in [7, 11) is 2.01. The van der Waals surface area contributed by atoms with Gasteiger partial charge in [-0.2, -0.15) is 0 Å². The highest BCUT2D eigenvalue weighted by molar-refractivity contribution is 7.99. The Labute approximate surface area is 96.0 Å². The van der Waals surface area contributed by atoms with Crippen molar-refractivity contribution < 1.29 is 4.42 Å². The van der Waals surface area contributed by atoms with Crippen molar-refractivity contribution in [2.75, 3.05) is 12.8 Å². The quantitative estimate of drug-likeness (QED) is 0.575. The van der Waals surface area contributed by atoms with E-state index < -0.39 is 0 Å². The fourth-order valence-electron chi connectivity index (χ4n) is 1.26. The van der Waals surface area contributed by atoms with Crippen LogP contribution < -0.4 is 5.32 Å². The van der Waals surface area contributed by atoms with Gasteiger partial charge in [-0.1, -0.05) is 18.2 Å². The van der Waals surface area contributed by atoms with E-state index in [1.54, 1.807) is 18.0 Å². The third-order valence-electron chi connectivity index (χ3n) is 2.35. The first kappa shape index (κ1) is 12.6. The Kier molecular flexibility index (Phi) is 5.79. The molecule has 1 aromatic rings. The normalized spacial score (nSPS) is 13.0. The molecule has 0 aromatic carbocycles. The van der Waals surface area contributed by atoms with Crippen molar-refractivity contribution in [3.63, 3.8) is 0 Å². The van der Waals surface area contributed by atoms with Gasteiger partial charge in [0.2, 0.25) is 0 Å². The lowest BCUT2D eigenvalue weighted by molar-refractivity contribution is 0.453. The van der Waals surface area contributed by atoms with E-state index in [2.05, 4.69) is 17.2 Å². The van der Waals surface area contributed by atoms with Gasteiger partial charge in [0.15, 0.2) is 0 Å². The van der Waals surface area contributed by atoms with Crippen molar-refractivity contribution in [2.45, 2.75) is 44.4 Å². The molecule has 0 amide bonds. The Hall–Kier alpha value is -0.480. The minimum atomic E-state index is 0.624. The summed E-state index contributed by atoms with van der Waals surface area (Å²) >= 11 is 1.70. The number of nitrogens with one attached hydrogen (secondary N) is 1. The van der Waals surface area contributed by atoms with Crippen LogP contribution in [-0.2, 0) is 0 Å². The average Bonchev–Trinajstić information content (AvgIpc) is 2.63. The van der Waals surface area contributed by atoms with E-state index in [0.717, 1.165) is 16.7 Å². The zero-order chi connectivity index (χ0) is 11.1. The third kappa shape index (κ3) is 5.23. The third-order valence-corrected chi connectivity index (χ3v) is 3.28. The minimum Gasteiger partial charge on any atom is -0.440 e. The molecule has 1 heterocycles. The molecule has 1 N–H and O–H groups in total. The van der Waals surface area contributed by atoms with Crippen LogP contribution >= 0.6 is 11.8 Å².